The van der Waals surface area contributed by atoms with E-state index in [1.54, 1.807) is 18.9 Å². The number of hydroxylamine groups is 3. The molecule has 0 aromatic heterocycles. The number of fused-ring (bicyclic) bond motifs is 5. The van der Waals surface area contributed by atoms with Crippen LogP contribution < -0.4 is 14.8 Å². The number of hydrogen-bond acceptors (Lipinski definition) is 6. The van der Waals surface area contributed by atoms with E-state index in [0.29, 0.717) is 56.0 Å². The lowest BCUT2D eigenvalue weighted by atomic mass is 9.53. The molecule has 206 valence electrons. The van der Waals surface area contributed by atoms with Gasteiger partial charge in [-0.2, -0.15) is 0 Å². The van der Waals surface area contributed by atoms with Crippen LogP contribution in [0.4, 0.5) is 5.69 Å². The highest BCUT2D eigenvalue weighted by Crippen LogP contribution is 2.74. The Labute approximate surface area is 223 Å². The number of likely N-dealkylation sites (N-methyl/N-ethyl adjacent to an activating group) is 1. The first-order valence-electron chi connectivity index (χ1n) is 14.0. The zero-order valence-corrected chi connectivity index (χ0v) is 23.3. The normalized spacial score (nSPS) is 45.4. The topological polar surface area (TPSA) is 111 Å². The van der Waals surface area contributed by atoms with Crippen molar-refractivity contribution in [3.8, 4) is 11.5 Å². The van der Waals surface area contributed by atoms with Gasteiger partial charge in [-0.1, -0.05) is 19.9 Å². The molecule has 4 saturated heterocycles. The third-order valence-corrected chi connectivity index (χ3v) is 11.9. The van der Waals surface area contributed by atoms with Crippen molar-refractivity contribution < 1.29 is 28.8 Å². The molecule has 6 aliphatic heterocycles. The van der Waals surface area contributed by atoms with E-state index in [4.69, 9.17) is 9.47 Å². The summed E-state index contributed by atoms with van der Waals surface area (Å²) in [4.78, 5) is 30.1. The van der Waals surface area contributed by atoms with Crippen LogP contribution in [0.1, 0.15) is 72.3 Å². The molecule has 2 N–H and O–H groups in total. The van der Waals surface area contributed by atoms with Crippen molar-refractivity contribution >= 4 is 17.5 Å². The second-order valence-electron chi connectivity index (χ2n) is 14.3. The molecule has 3 unspecified atom stereocenters. The maximum Gasteiger partial charge on any atom is 0.287 e. The van der Waals surface area contributed by atoms with E-state index in [1.165, 1.54) is 0 Å². The van der Waals surface area contributed by atoms with E-state index in [1.807, 2.05) is 26.0 Å². The number of carbonyl (C=O) groups excluding carboxylic acids is 2. The quantitative estimate of drug-likeness (QED) is 0.398. The lowest BCUT2D eigenvalue weighted by molar-refractivity contribution is -0.953. The Morgan fingerprint density at radius 2 is 1.89 bits per heavy atom. The second kappa shape index (κ2) is 6.67. The third kappa shape index (κ3) is 2.38. The summed E-state index contributed by atoms with van der Waals surface area (Å²) in [6, 6.07) is 3.88. The lowest BCUT2D eigenvalue weighted by Crippen LogP contribution is -2.91. The number of piperazine rings is 1. The summed E-state index contributed by atoms with van der Waals surface area (Å²) >= 11 is 0. The SMILES string of the molecule is CN1C(=O)[C@@]23CC4C1(C[C@]1(C(=O)Nc5c1ccc1c5OCCC(C)(C)O1)C4(C)C)C[N+]2([O-])CCC[C@]3(C)O. The first kappa shape index (κ1) is 24.7. The molecule has 8 rings (SSSR count). The molecule has 5 fully saturated rings. The average Bonchev–Trinajstić information content (AvgIpc) is 3.12. The zero-order chi connectivity index (χ0) is 27.3. The number of ether oxygens (including phenoxy) is 2. The van der Waals surface area contributed by atoms with Gasteiger partial charge < -0.3 is 34.7 Å². The second-order valence-corrected chi connectivity index (χ2v) is 14.3. The number of quaternary nitrogens is 1. The van der Waals surface area contributed by atoms with Gasteiger partial charge in [-0.05, 0) is 57.1 Å². The first-order chi connectivity index (χ1) is 17.6. The molecule has 9 heteroatoms. The van der Waals surface area contributed by atoms with Gasteiger partial charge in [0.25, 0.3) is 5.91 Å². The summed E-state index contributed by atoms with van der Waals surface area (Å²) in [6.45, 7) is 10.9. The van der Waals surface area contributed by atoms with E-state index < -0.39 is 37.8 Å². The summed E-state index contributed by atoms with van der Waals surface area (Å²) in [5, 5.41) is 29.5. The Hall–Kier alpha value is -2.36. The van der Waals surface area contributed by atoms with Crippen molar-refractivity contribution in [3.05, 3.63) is 22.9 Å². The summed E-state index contributed by atoms with van der Waals surface area (Å²) in [6.07, 6.45) is 2.36. The number of nitrogens with zero attached hydrogens (tertiary/aromatic N) is 2. The number of aliphatic hydroxyl groups is 1. The Bertz CT molecular complexity index is 1310. The van der Waals surface area contributed by atoms with Crippen molar-refractivity contribution in [1.29, 1.82) is 0 Å². The van der Waals surface area contributed by atoms with Crippen LogP contribution in [0.3, 0.4) is 0 Å². The minimum absolute atomic E-state index is 0.120. The van der Waals surface area contributed by atoms with Crippen molar-refractivity contribution in [2.75, 3.05) is 32.1 Å². The number of hydrogen-bond donors (Lipinski definition) is 2. The Morgan fingerprint density at radius 1 is 1.16 bits per heavy atom. The molecule has 1 aliphatic carbocycles. The largest absolute Gasteiger partial charge is 0.632 e. The van der Waals surface area contributed by atoms with E-state index in [0.717, 1.165) is 5.56 Å². The molecule has 1 aromatic carbocycles. The van der Waals surface area contributed by atoms with E-state index in [2.05, 4.69) is 19.2 Å². The van der Waals surface area contributed by atoms with Gasteiger partial charge in [-0.25, -0.2) is 0 Å². The Kier molecular flexibility index (Phi) is 4.33. The third-order valence-electron chi connectivity index (χ3n) is 11.9. The predicted octanol–water partition coefficient (Wildman–Crippen LogP) is 3.08. The monoisotopic (exact) mass is 525 g/mol. The number of rotatable bonds is 0. The molecule has 0 radical (unpaired) electrons. The van der Waals surface area contributed by atoms with Gasteiger partial charge in [0, 0.05) is 25.8 Å². The van der Waals surface area contributed by atoms with Crippen LogP contribution in [0.5, 0.6) is 11.5 Å². The van der Waals surface area contributed by atoms with Crippen LogP contribution in [0.2, 0.25) is 0 Å². The maximum absolute atomic E-state index is 14.6. The zero-order valence-electron chi connectivity index (χ0n) is 23.3. The average molecular weight is 526 g/mol. The fourth-order valence-electron chi connectivity index (χ4n) is 9.85. The van der Waals surface area contributed by atoms with E-state index >= 15 is 0 Å². The maximum atomic E-state index is 14.6. The van der Waals surface area contributed by atoms with E-state index in [-0.39, 0.29) is 30.7 Å². The number of benzene rings is 1. The first-order valence-corrected chi connectivity index (χ1v) is 14.0. The Balaban J connectivity index is 1.43. The highest BCUT2D eigenvalue weighted by atomic mass is 16.6. The number of nitrogens with one attached hydrogen (secondary N) is 1. The number of anilines is 1. The number of piperidine rings is 3. The van der Waals surface area contributed by atoms with Crippen molar-refractivity contribution in [2.45, 2.75) is 94.4 Å². The molecule has 3 spiro atoms. The van der Waals surface area contributed by atoms with Crippen LogP contribution in [0.25, 0.3) is 0 Å². The smallest absolute Gasteiger partial charge is 0.287 e. The van der Waals surface area contributed by atoms with Crippen LogP contribution in [-0.2, 0) is 15.0 Å². The molecule has 9 nitrogen and oxygen atoms in total. The minimum Gasteiger partial charge on any atom is -0.632 e. The lowest BCUT2D eigenvalue weighted by Gasteiger charge is -2.75. The van der Waals surface area contributed by atoms with Gasteiger partial charge >= 0.3 is 0 Å². The molecule has 7 aliphatic rings. The summed E-state index contributed by atoms with van der Waals surface area (Å²) in [5.74, 6) is 0.632. The fourth-order valence-corrected chi connectivity index (χ4v) is 9.85. The number of carbonyl (C=O) groups is 2. The predicted molar refractivity (Wildman–Crippen MR) is 140 cm³/mol. The molecule has 6 atom stereocenters. The Morgan fingerprint density at radius 3 is 2.63 bits per heavy atom. The van der Waals surface area contributed by atoms with Crippen molar-refractivity contribution in [3.63, 3.8) is 0 Å². The molecule has 6 heterocycles. The summed E-state index contributed by atoms with van der Waals surface area (Å²) < 4.78 is 11.8. The van der Waals surface area contributed by atoms with Gasteiger partial charge in [0.2, 0.25) is 11.4 Å². The van der Waals surface area contributed by atoms with Gasteiger partial charge in [-0.3, -0.25) is 9.59 Å². The molecule has 2 bridgehead atoms. The highest BCUT2D eigenvalue weighted by molar-refractivity contribution is 6.09. The molecule has 38 heavy (non-hydrogen) atoms. The standard InChI is InChI=1S/C29H39N3O6/c1-24(2)11-13-37-21-18(38-24)9-8-17-20(21)30-22(33)28(17)15-27-16-32(36)12-7-10-26(5,35)29(32,23(34)31(27)6)14-19(27)25(28,3)4/h8-9,19,35H,7,10-16H2,1-6H3,(H,30,33)/t19?,26-,27?,28-,29+,32?/m0/s1. The number of amides is 2. The molecule has 1 aromatic rings. The van der Waals surface area contributed by atoms with Crippen molar-refractivity contribution in [2.24, 2.45) is 11.3 Å². The molecular weight excluding hydrogens is 486 g/mol. The van der Waals surface area contributed by atoms with Crippen molar-refractivity contribution in [1.82, 2.24) is 4.90 Å². The summed E-state index contributed by atoms with van der Waals surface area (Å²) in [5.41, 5.74) is -4.13. The van der Waals surface area contributed by atoms with E-state index in [9.17, 15) is 19.9 Å². The molecular formula is C29H39N3O6. The minimum atomic E-state index is -1.45. The fraction of sp³-hybridized carbons (Fsp3) is 0.724. The van der Waals surface area contributed by atoms with Crippen LogP contribution in [0.15, 0.2) is 12.1 Å². The van der Waals surface area contributed by atoms with Crippen LogP contribution in [-0.4, -0.2) is 75.5 Å². The van der Waals surface area contributed by atoms with Gasteiger partial charge in [0.15, 0.2) is 11.5 Å². The van der Waals surface area contributed by atoms with Gasteiger partial charge in [-0.15, -0.1) is 0 Å². The molecule has 1 saturated carbocycles. The van der Waals surface area contributed by atoms with Gasteiger partial charge in [0.05, 0.1) is 29.8 Å². The van der Waals surface area contributed by atoms with Crippen LogP contribution in [0, 0.1) is 16.5 Å². The molecule has 2 amide bonds. The van der Waals surface area contributed by atoms with Crippen LogP contribution >= 0.6 is 0 Å². The van der Waals surface area contributed by atoms with Gasteiger partial charge in [0.1, 0.15) is 17.7 Å². The highest BCUT2D eigenvalue weighted by Gasteiger charge is 2.85. The summed E-state index contributed by atoms with van der Waals surface area (Å²) in [7, 11) is 1.78.